The summed E-state index contributed by atoms with van der Waals surface area (Å²) >= 11 is 0. The number of carbonyl (C=O) groups is 2. The molecule has 4 rings (SSSR count). The summed E-state index contributed by atoms with van der Waals surface area (Å²) in [6.07, 6.45) is 3.32. The number of hydrogen-bond acceptors (Lipinski definition) is 6. The van der Waals surface area contributed by atoms with E-state index in [1.54, 1.807) is 19.9 Å². The van der Waals surface area contributed by atoms with Gasteiger partial charge in [-0.2, -0.15) is 0 Å². The Morgan fingerprint density at radius 2 is 2.12 bits per heavy atom. The first-order chi connectivity index (χ1) is 12.3. The first-order valence-electron chi connectivity index (χ1n) is 9.31. The average molecular weight is 362 g/mol. The monoisotopic (exact) mass is 362 g/mol. The summed E-state index contributed by atoms with van der Waals surface area (Å²) in [5.74, 6) is -1.19. The molecule has 0 bridgehead atoms. The van der Waals surface area contributed by atoms with E-state index in [9.17, 15) is 9.59 Å². The van der Waals surface area contributed by atoms with Gasteiger partial charge in [0.25, 0.3) is 0 Å². The molecule has 6 heteroatoms. The highest BCUT2D eigenvalue weighted by Gasteiger charge is 2.72. The van der Waals surface area contributed by atoms with Crippen LogP contribution in [0, 0.1) is 11.8 Å². The molecule has 4 aliphatic rings. The highest BCUT2D eigenvalue weighted by molar-refractivity contribution is 5.87. The van der Waals surface area contributed by atoms with Crippen molar-refractivity contribution in [3.63, 3.8) is 0 Å². The van der Waals surface area contributed by atoms with Crippen LogP contribution in [0.3, 0.4) is 0 Å². The van der Waals surface area contributed by atoms with Crippen molar-refractivity contribution in [1.29, 1.82) is 0 Å². The lowest BCUT2D eigenvalue weighted by Gasteiger charge is -2.29. The second-order valence-electron chi connectivity index (χ2n) is 8.14. The minimum Gasteiger partial charge on any atom is -0.459 e. The van der Waals surface area contributed by atoms with Crippen LogP contribution in [0.5, 0.6) is 0 Å². The smallest absolute Gasteiger partial charge is 0.333 e. The number of rotatable bonds is 2. The van der Waals surface area contributed by atoms with Gasteiger partial charge >= 0.3 is 11.9 Å². The van der Waals surface area contributed by atoms with E-state index in [1.165, 1.54) is 0 Å². The molecule has 0 aromatic rings. The Morgan fingerprint density at radius 3 is 2.81 bits per heavy atom. The van der Waals surface area contributed by atoms with Crippen molar-refractivity contribution in [3.05, 3.63) is 23.3 Å². The maximum absolute atomic E-state index is 12.4. The Balaban J connectivity index is 1.68. The minimum atomic E-state index is -0.445. The zero-order valence-electron chi connectivity index (χ0n) is 15.9. The molecular formula is C20H26O6. The normalized spacial score (nSPS) is 49.0. The van der Waals surface area contributed by atoms with Crippen molar-refractivity contribution in [2.45, 2.75) is 77.2 Å². The molecule has 0 saturated carbocycles. The van der Waals surface area contributed by atoms with Crippen LogP contribution in [0.2, 0.25) is 0 Å². The Labute approximate surface area is 153 Å². The van der Waals surface area contributed by atoms with Crippen molar-refractivity contribution in [2.24, 2.45) is 11.8 Å². The fraction of sp³-hybridized carbons (Fsp3) is 0.700. The van der Waals surface area contributed by atoms with Gasteiger partial charge < -0.3 is 18.9 Å². The van der Waals surface area contributed by atoms with E-state index in [2.05, 4.69) is 6.08 Å². The van der Waals surface area contributed by atoms with Crippen molar-refractivity contribution < 1.29 is 28.5 Å². The van der Waals surface area contributed by atoms with E-state index < -0.39 is 17.8 Å². The number of ether oxygens (including phenoxy) is 4. The van der Waals surface area contributed by atoms with Gasteiger partial charge in [0.1, 0.15) is 36.1 Å². The lowest BCUT2D eigenvalue weighted by molar-refractivity contribution is -0.149. The summed E-state index contributed by atoms with van der Waals surface area (Å²) in [5, 5.41) is 0. The van der Waals surface area contributed by atoms with Gasteiger partial charge in [-0.1, -0.05) is 24.6 Å². The first-order valence-corrected chi connectivity index (χ1v) is 9.31. The van der Waals surface area contributed by atoms with E-state index in [1.807, 2.05) is 20.8 Å². The number of hydrogen-bond donors (Lipinski definition) is 0. The summed E-state index contributed by atoms with van der Waals surface area (Å²) in [4.78, 5) is 24.7. The van der Waals surface area contributed by atoms with Crippen LogP contribution >= 0.6 is 0 Å². The number of carbonyl (C=O) groups excluding carboxylic acids is 2. The lowest BCUT2D eigenvalue weighted by atomic mass is 9.79. The number of epoxide rings is 2. The summed E-state index contributed by atoms with van der Waals surface area (Å²) in [6.45, 7) is 9.39. The fourth-order valence-corrected chi connectivity index (χ4v) is 4.40. The van der Waals surface area contributed by atoms with Crippen LogP contribution in [0.1, 0.15) is 41.0 Å². The largest absolute Gasteiger partial charge is 0.459 e. The maximum Gasteiger partial charge on any atom is 0.333 e. The van der Waals surface area contributed by atoms with Crippen molar-refractivity contribution >= 4 is 11.9 Å². The predicted molar refractivity (Wildman–Crippen MR) is 92.2 cm³/mol. The van der Waals surface area contributed by atoms with Crippen LogP contribution in [0.25, 0.3) is 0 Å². The van der Waals surface area contributed by atoms with Gasteiger partial charge in [0.15, 0.2) is 0 Å². The molecule has 3 aliphatic heterocycles. The van der Waals surface area contributed by atoms with E-state index >= 15 is 0 Å². The molecule has 3 fully saturated rings. The van der Waals surface area contributed by atoms with Gasteiger partial charge in [-0.05, 0) is 27.7 Å². The second-order valence-corrected chi connectivity index (χ2v) is 8.14. The Kier molecular flexibility index (Phi) is 4.04. The zero-order valence-corrected chi connectivity index (χ0v) is 15.9. The van der Waals surface area contributed by atoms with Crippen LogP contribution in [0.4, 0.5) is 0 Å². The molecule has 142 valence electrons. The van der Waals surface area contributed by atoms with Gasteiger partial charge in [-0.25, -0.2) is 4.79 Å². The molecular weight excluding hydrogens is 336 g/mol. The number of esters is 2. The number of fused-ring (bicyclic) bond motifs is 5. The van der Waals surface area contributed by atoms with E-state index in [4.69, 9.17) is 18.9 Å². The highest BCUT2D eigenvalue weighted by Crippen LogP contribution is 2.55. The molecule has 0 unspecified atom stereocenters. The van der Waals surface area contributed by atoms with Gasteiger partial charge in [-0.15, -0.1) is 0 Å². The lowest BCUT2D eigenvalue weighted by Crippen LogP contribution is -2.41. The maximum atomic E-state index is 12.4. The van der Waals surface area contributed by atoms with E-state index in [0.717, 1.165) is 5.57 Å². The SMILES string of the molecule is C/C=C(\C)C(=O)O[C@@H]1C/C(C)=C/[C@H]2O[C@H]2[C@@]2(C)O[C@@H]2[C@H]2OC(=O)[C@@H](C)[C@@H]21. The fourth-order valence-electron chi connectivity index (χ4n) is 4.40. The molecule has 0 spiro atoms. The first kappa shape index (κ1) is 17.7. The number of allylic oxidation sites excluding steroid dienone is 1. The summed E-state index contributed by atoms with van der Waals surface area (Å²) in [7, 11) is 0. The van der Waals surface area contributed by atoms with Gasteiger partial charge in [0, 0.05) is 17.9 Å². The Hall–Kier alpha value is -1.66. The second kappa shape index (κ2) is 5.92. The molecule has 3 saturated heterocycles. The van der Waals surface area contributed by atoms with E-state index in [-0.39, 0.29) is 42.1 Å². The minimum absolute atomic E-state index is 0.00192. The summed E-state index contributed by atoms with van der Waals surface area (Å²) in [6, 6.07) is 0. The van der Waals surface area contributed by atoms with Crippen LogP contribution < -0.4 is 0 Å². The average Bonchev–Trinajstić information content (AvgIpc) is 3.47. The predicted octanol–water partition coefficient (Wildman–Crippen LogP) is 2.32. The third kappa shape index (κ3) is 2.70. The third-order valence-corrected chi connectivity index (χ3v) is 6.27. The molecule has 0 N–H and O–H groups in total. The summed E-state index contributed by atoms with van der Waals surface area (Å²) < 4.78 is 23.3. The molecule has 0 radical (unpaired) electrons. The van der Waals surface area contributed by atoms with Crippen molar-refractivity contribution in [2.75, 3.05) is 0 Å². The zero-order chi connectivity index (χ0) is 18.8. The molecule has 8 atom stereocenters. The molecule has 1 aliphatic carbocycles. The van der Waals surface area contributed by atoms with Gasteiger partial charge in [0.05, 0.1) is 5.92 Å². The molecule has 3 heterocycles. The van der Waals surface area contributed by atoms with E-state index in [0.29, 0.717) is 12.0 Å². The van der Waals surface area contributed by atoms with Crippen molar-refractivity contribution in [3.8, 4) is 0 Å². The topological polar surface area (TPSA) is 77.7 Å². The molecule has 6 nitrogen and oxygen atoms in total. The molecule has 26 heavy (non-hydrogen) atoms. The standard InChI is InChI=1S/C20H26O6/c1-6-10(3)18(21)24-12-7-9(2)8-13-16(23-13)20(5)17(26-20)15-14(12)11(4)19(22)25-15/h6,8,11-17H,7H2,1-5H3/b9-8+,10-6+/t11-,12+,13+,14+,15-,16+,17+,20+/m0/s1. The summed E-state index contributed by atoms with van der Waals surface area (Å²) in [5.41, 5.74) is 1.19. The third-order valence-electron chi connectivity index (χ3n) is 6.27. The molecule has 0 aromatic carbocycles. The van der Waals surface area contributed by atoms with Crippen LogP contribution in [-0.2, 0) is 28.5 Å². The Bertz CT molecular complexity index is 709. The van der Waals surface area contributed by atoms with Crippen LogP contribution in [0.15, 0.2) is 23.3 Å². The quantitative estimate of drug-likeness (QED) is 0.325. The van der Waals surface area contributed by atoms with Crippen LogP contribution in [-0.4, -0.2) is 48.1 Å². The van der Waals surface area contributed by atoms with Gasteiger partial charge in [0.2, 0.25) is 0 Å². The molecule has 0 aromatic heterocycles. The highest BCUT2D eigenvalue weighted by atomic mass is 16.7. The molecule has 0 amide bonds. The van der Waals surface area contributed by atoms with Gasteiger partial charge in [-0.3, -0.25) is 4.79 Å². The van der Waals surface area contributed by atoms with Crippen molar-refractivity contribution in [1.82, 2.24) is 0 Å². The Morgan fingerprint density at radius 1 is 1.38 bits per heavy atom.